The van der Waals surface area contributed by atoms with Gasteiger partial charge in [-0.1, -0.05) is 0 Å². The van der Waals surface area contributed by atoms with Crippen LogP contribution >= 0.6 is 12.4 Å². The van der Waals surface area contributed by atoms with Crippen molar-refractivity contribution >= 4 is 18.4 Å². The summed E-state index contributed by atoms with van der Waals surface area (Å²) in [5, 5.41) is 0. The van der Waals surface area contributed by atoms with Crippen LogP contribution in [0.1, 0.15) is 25.5 Å². The highest BCUT2D eigenvalue weighted by atomic mass is 35.5. The minimum Gasteiger partial charge on any atom is -0.497 e. The molecule has 0 spiro atoms. The van der Waals surface area contributed by atoms with Crippen LogP contribution in [-0.4, -0.2) is 20.2 Å². The van der Waals surface area contributed by atoms with Gasteiger partial charge in [-0.05, 0) is 32.0 Å². The van der Waals surface area contributed by atoms with Crippen LogP contribution in [0.4, 0.5) is 4.39 Å². The molecule has 2 N–H and O–H groups in total. The minimum absolute atomic E-state index is 0. The van der Waals surface area contributed by atoms with Crippen LogP contribution in [0.3, 0.4) is 0 Å². The Bertz CT molecular complexity index is 452. The summed E-state index contributed by atoms with van der Waals surface area (Å²) in [4.78, 5) is 11.7. The van der Waals surface area contributed by atoms with E-state index in [1.54, 1.807) is 13.8 Å². The number of rotatable bonds is 4. The van der Waals surface area contributed by atoms with Gasteiger partial charge in [0, 0.05) is 11.6 Å². The number of hydrogen-bond donors (Lipinski definition) is 1. The molecule has 0 saturated carbocycles. The summed E-state index contributed by atoms with van der Waals surface area (Å²) in [6, 6.07) is 3.43. The summed E-state index contributed by atoms with van der Waals surface area (Å²) < 4.78 is 23.5. The van der Waals surface area contributed by atoms with Gasteiger partial charge in [0.25, 0.3) is 0 Å². The van der Waals surface area contributed by atoms with Crippen molar-refractivity contribution < 1.29 is 18.7 Å². The van der Waals surface area contributed by atoms with E-state index in [1.807, 2.05) is 0 Å². The predicted molar refractivity (Wildman–Crippen MR) is 72.9 cm³/mol. The van der Waals surface area contributed by atoms with Crippen LogP contribution < -0.4 is 10.5 Å². The Labute approximate surface area is 118 Å². The average molecular weight is 292 g/mol. The molecule has 6 heteroatoms. The third-order valence-electron chi connectivity index (χ3n) is 3.03. The van der Waals surface area contributed by atoms with E-state index in [-0.39, 0.29) is 18.0 Å². The first-order valence-corrected chi connectivity index (χ1v) is 5.52. The third-order valence-corrected chi connectivity index (χ3v) is 3.03. The second kappa shape index (κ2) is 6.73. The molecule has 19 heavy (non-hydrogen) atoms. The van der Waals surface area contributed by atoms with E-state index < -0.39 is 23.2 Å². The Hall–Kier alpha value is -1.33. The molecule has 108 valence electrons. The number of nitrogens with two attached hydrogens (primary N) is 1. The molecule has 0 saturated heterocycles. The highest BCUT2D eigenvalue weighted by Crippen LogP contribution is 2.35. The quantitative estimate of drug-likeness (QED) is 0.866. The normalized spacial score (nSPS) is 12.3. The Morgan fingerprint density at radius 2 is 1.95 bits per heavy atom. The standard InChI is InChI=1S/C13H18FNO3.ClH/c1-13(2,12(16)18-4)11(15)9-7-8(17-3)5-6-10(9)14;/h5-7,11H,15H2,1-4H3;1H/t11-;/m1./s1. The van der Waals surface area contributed by atoms with Crippen molar-refractivity contribution in [2.75, 3.05) is 14.2 Å². The number of carbonyl (C=O) groups excluding carboxylic acids is 1. The van der Waals surface area contributed by atoms with Gasteiger partial charge in [-0.3, -0.25) is 4.79 Å². The lowest BCUT2D eigenvalue weighted by atomic mass is 9.81. The van der Waals surface area contributed by atoms with Gasteiger partial charge >= 0.3 is 5.97 Å². The second-order valence-corrected chi connectivity index (χ2v) is 4.58. The molecule has 0 unspecified atom stereocenters. The number of hydrogen-bond acceptors (Lipinski definition) is 4. The van der Waals surface area contributed by atoms with Crippen LogP contribution in [0.25, 0.3) is 0 Å². The zero-order chi connectivity index (χ0) is 13.9. The van der Waals surface area contributed by atoms with Gasteiger partial charge in [-0.2, -0.15) is 0 Å². The van der Waals surface area contributed by atoms with Crippen molar-refractivity contribution in [2.45, 2.75) is 19.9 Å². The van der Waals surface area contributed by atoms with Crippen molar-refractivity contribution in [1.29, 1.82) is 0 Å². The summed E-state index contributed by atoms with van der Waals surface area (Å²) in [5.74, 6) is -0.472. The number of ether oxygens (including phenoxy) is 2. The summed E-state index contributed by atoms with van der Waals surface area (Å²) in [6.45, 7) is 3.23. The molecule has 1 atom stereocenters. The molecule has 0 aromatic heterocycles. The molecular weight excluding hydrogens is 273 g/mol. The lowest BCUT2D eigenvalue weighted by molar-refractivity contribution is -0.152. The molecule has 0 heterocycles. The molecule has 0 fully saturated rings. The van der Waals surface area contributed by atoms with Crippen LogP contribution in [0.5, 0.6) is 5.75 Å². The number of benzene rings is 1. The maximum absolute atomic E-state index is 13.8. The Balaban J connectivity index is 0.00000324. The lowest BCUT2D eigenvalue weighted by Gasteiger charge is -2.29. The van der Waals surface area contributed by atoms with E-state index in [0.29, 0.717) is 5.75 Å². The molecule has 1 aromatic rings. The SMILES string of the molecule is COC(=O)C(C)(C)[C@H](N)c1cc(OC)ccc1F.Cl. The number of carbonyl (C=O) groups is 1. The zero-order valence-corrected chi connectivity index (χ0v) is 12.2. The molecule has 0 aliphatic carbocycles. The van der Waals surface area contributed by atoms with E-state index in [0.717, 1.165) is 0 Å². The molecule has 4 nitrogen and oxygen atoms in total. The first-order chi connectivity index (χ1) is 8.34. The molecule has 1 aromatic carbocycles. The van der Waals surface area contributed by atoms with Crippen molar-refractivity contribution in [3.63, 3.8) is 0 Å². The largest absolute Gasteiger partial charge is 0.497 e. The summed E-state index contributed by atoms with van der Waals surface area (Å²) >= 11 is 0. The monoisotopic (exact) mass is 291 g/mol. The Morgan fingerprint density at radius 3 is 2.42 bits per heavy atom. The van der Waals surface area contributed by atoms with Crippen molar-refractivity contribution in [3.8, 4) is 5.75 Å². The van der Waals surface area contributed by atoms with Crippen LogP contribution in [-0.2, 0) is 9.53 Å². The molecular formula is C13H19ClFNO3. The maximum Gasteiger partial charge on any atom is 0.313 e. The molecule has 0 aliphatic rings. The summed E-state index contributed by atoms with van der Waals surface area (Å²) in [6.07, 6.45) is 0. The molecule has 1 rings (SSSR count). The van der Waals surface area contributed by atoms with E-state index in [4.69, 9.17) is 10.5 Å². The lowest BCUT2D eigenvalue weighted by Crippen LogP contribution is -2.37. The zero-order valence-electron chi connectivity index (χ0n) is 11.4. The highest BCUT2D eigenvalue weighted by molar-refractivity contribution is 5.85. The van der Waals surface area contributed by atoms with Gasteiger partial charge in [-0.25, -0.2) is 4.39 Å². The van der Waals surface area contributed by atoms with Gasteiger partial charge in [0.05, 0.1) is 19.6 Å². The third kappa shape index (κ3) is 3.58. The number of esters is 1. The van der Waals surface area contributed by atoms with Gasteiger partial charge in [-0.15, -0.1) is 12.4 Å². The first kappa shape index (κ1) is 17.7. The second-order valence-electron chi connectivity index (χ2n) is 4.58. The van der Waals surface area contributed by atoms with E-state index >= 15 is 0 Å². The average Bonchev–Trinajstić information content (AvgIpc) is 2.37. The predicted octanol–water partition coefficient (Wildman–Crippen LogP) is 2.46. The summed E-state index contributed by atoms with van der Waals surface area (Å²) in [7, 11) is 2.76. The fourth-order valence-electron chi connectivity index (χ4n) is 1.67. The van der Waals surface area contributed by atoms with E-state index in [9.17, 15) is 9.18 Å². The molecule has 0 aliphatic heterocycles. The van der Waals surface area contributed by atoms with E-state index in [1.165, 1.54) is 32.4 Å². The smallest absolute Gasteiger partial charge is 0.313 e. The van der Waals surface area contributed by atoms with Gasteiger partial charge < -0.3 is 15.2 Å². The fraction of sp³-hybridized carbons (Fsp3) is 0.462. The van der Waals surface area contributed by atoms with Crippen LogP contribution in [0.2, 0.25) is 0 Å². The van der Waals surface area contributed by atoms with Gasteiger partial charge in [0.1, 0.15) is 11.6 Å². The van der Waals surface area contributed by atoms with Gasteiger partial charge in [0.2, 0.25) is 0 Å². The fourth-order valence-corrected chi connectivity index (χ4v) is 1.67. The number of methoxy groups -OCH3 is 2. The Morgan fingerprint density at radius 1 is 1.37 bits per heavy atom. The summed E-state index contributed by atoms with van der Waals surface area (Å²) in [5.41, 5.74) is 5.18. The van der Waals surface area contributed by atoms with Crippen LogP contribution in [0.15, 0.2) is 18.2 Å². The highest BCUT2D eigenvalue weighted by Gasteiger charge is 2.38. The molecule has 0 bridgehead atoms. The first-order valence-electron chi connectivity index (χ1n) is 5.52. The molecule has 0 radical (unpaired) electrons. The topological polar surface area (TPSA) is 61.5 Å². The van der Waals surface area contributed by atoms with Crippen molar-refractivity contribution in [3.05, 3.63) is 29.6 Å². The minimum atomic E-state index is -1.03. The van der Waals surface area contributed by atoms with Crippen molar-refractivity contribution in [1.82, 2.24) is 0 Å². The maximum atomic E-state index is 13.8. The molecule has 0 amide bonds. The van der Waals surface area contributed by atoms with Crippen LogP contribution in [0, 0.1) is 11.2 Å². The number of halogens is 2. The van der Waals surface area contributed by atoms with Gasteiger partial charge in [0.15, 0.2) is 0 Å². The Kier molecular flexibility index (Phi) is 6.25. The van der Waals surface area contributed by atoms with Crippen molar-refractivity contribution in [2.24, 2.45) is 11.1 Å². The van der Waals surface area contributed by atoms with E-state index in [2.05, 4.69) is 4.74 Å².